The van der Waals surface area contributed by atoms with Gasteiger partial charge in [0.15, 0.2) is 0 Å². The van der Waals surface area contributed by atoms with E-state index in [1.807, 2.05) is 28.2 Å². The molecule has 0 bridgehead atoms. The van der Waals surface area contributed by atoms with Gasteiger partial charge in [-0.05, 0) is 46.6 Å². The van der Waals surface area contributed by atoms with Crippen LogP contribution in [0.15, 0.2) is 12.1 Å². The van der Waals surface area contributed by atoms with E-state index < -0.39 is 0 Å². The van der Waals surface area contributed by atoms with Crippen molar-refractivity contribution in [3.63, 3.8) is 0 Å². The molecular weight excluding hydrogens is 260 g/mol. The molecule has 120 valence electrons. The Balaban J connectivity index is 2.90. The summed E-state index contributed by atoms with van der Waals surface area (Å²) in [6, 6.07) is 4.36. The van der Waals surface area contributed by atoms with Crippen molar-refractivity contribution in [2.75, 3.05) is 28.2 Å². The van der Waals surface area contributed by atoms with E-state index in [0.29, 0.717) is 5.75 Å². The zero-order valence-electron chi connectivity index (χ0n) is 14.4. The molecule has 0 amide bonds. The van der Waals surface area contributed by atoms with Gasteiger partial charge >= 0.3 is 0 Å². The fourth-order valence-corrected chi connectivity index (χ4v) is 2.65. The van der Waals surface area contributed by atoms with Crippen LogP contribution < -0.4 is 0 Å². The van der Waals surface area contributed by atoms with Crippen molar-refractivity contribution in [3.05, 3.63) is 28.8 Å². The molecular formula is C18H32N2O. The number of hydrogen-bond acceptors (Lipinski definition) is 3. The van der Waals surface area contributed by atoms with Crippen molar-refractivity contribution in [2.24, 2.45) is 0 Å². The van der Waals surface area contributed by atoms with Crippen LogP contribution in [0.25, 0.3) is 0 Å². The van der Waals surface area contributed by atoms with Crippen LogP contribution >= 0.6 is 0 Å². The quantitative estimate of drug-likeness (QED) is 0.704. The predicted octanol–water partition coefficient (Wildman–Crippen LogP) is 3.64. The Morgan fingerprint density at radius 1 is 0.857 bits per heavy atom. The lowest BCUT2D eigenvalue weighted by molar-refractivity contribution is 0.368. The maximum atomic E-state index is 10.5. The highest BCUT2D eigenvalue weighted by molar-refractivity contribution is 5.44. The summed E-state index contributed by atoms with van der Waals surface area (Å²) in [5.74, 6) is 0.467. The SMILES string of the molecule is CCCCCCc1cc(CN(C)C)c(O)c(CN(C)C)c1. The van der Waals surface area contributed by atoms with Gasteiger partial charge in [-0.2, -0.15) is 0 Å². The number of hydrogen-bond donors (Lipinski definition) is 1. The fraction of sp³-hybridized carbons (Fsp3) is 0.667. The molecule has 3 heteroatoms. The van der Waals surface area contributed by atoms with Gasteiger partial charge in [-0.15, -0.1) is 0 Å². The topological polar surface area (TPSA) is 26.7 Å². The van der Waals surface area contributed by atoms with Gasteiger partial charge in [-0.3, -0.25) is 0 Å². The molecule has 0 saturated heterocycles. The minimum atomic E-state index is 0.467. The van der Waals surface area contributed by atoms with Gasteiger partial charge in [0.05, 0.1) is 0 Å². The number of benzene rings is 1. The van der Waals surface area contributed by atoms with E-state index >= 15 is 0 Å². The van der Waals surface area contributed by atoms with Crippen molar-refractivity contribution in [2.45, 2.75) is 52.1 Å². The van der Waals surface area contributed by atoms with Gasteiger partial charge in [-0.1, -0.05) is 38.3 Å². The monoisotopic (exact) mass is 292 g/mol. The molecule has 1 aromatic carbocycles. The lowest BCUT2D eigenvalue weighted by Crippen LogP contribution is -2.14. The first-order valence-corrected chi connectivity index (χ1v) is 8.07. The van der Waals surface area contributed by atoms with Gasteiger partial charge in [0.25, 0.3) is 0 Å². The Labute approximate surface area is 130 Å². The maximum Gasteiger partial charge on any atom is 0.124 e. The predicted molar refractivity (Wildman–Crippen MR) is 90.7 cm³/mol. The van der Waals surface area contributed by atoms with Crippen LogP contribution in [0, 0.1) is 0 Å². The van der Waals surface area contributed by atoms with E-state index in [4.69, 9.17) is 0 Å². The lowest BCUT2D eigenvalue weighted by atomic mass is 9.99. The molecule has 0 aliphatic rings. The average molecular weight is 292 g/mol. The fourth-order valence-electron chi connectivity index (χ4n) is 2.65. The Hall–Kier alpha value is -1.06. The molecule has 0 aromatic heterocycles. The van der Waals surface area contributed by atoms with Gasteiger partial charge in [0, 0.05) is 24.2 Å². The molecule has 0 aliphatic heterocycles. The van der Waals surface area contributed by atoms with Crippen LogP contribution in [0.5, 0.6) is 5.75 Å². The summed E-state index contributed by atoms with van der Waals surface area (Å²) in [4.78, 5) is 4.21. The molecule has 0 spiro atoms. The van der Waals surface area contributed by atoms with Crippen LogP contribution in [-0.4, -0.2) is 43.1 Å². The highest BCUT2D eigenvalue weighted by Gasteiger charge is 2.11. The molecule has 0 radical (unpaired) electrons. The number of aromatic hydroxyl groups is 1. The Bertz CT molecular complexity index is 396. The van der Waals surface area contributed by atoms with Crippen LogP contribution in [0.3, 0.4) is 0 Å². The number of phenolic OH excluding ortho intramolecular Hbond substituents is 1. The van der Waals surface area contributed by atoms with Gasteiger partial charge < -0.3 is 14.9 Å². The number of rotatable bonds is 9. The zero-order chi connectivity index (χ0) is 15.8. The van der Waals surface area contributed by atoms with Crippen molar-refractivity contribution < 1.29 is 5.11 Å². The molecule has 1 rings (SSSR count). The molecule has 0 saturated carbocycles. The third kappa shape index (κ3) is 6.49. The lowest BCUT2D eigenvalue weighted by Gasteiger charge is -2.18. The highest BCUT2D eigenvalue weighted by atomic mass is 16.3. The second-order valence-electron chi connectivity index (χ2n) is 6.55. The minimum absolute atomic E-state index is 0.467. The Morgan fingerprint density at radius 3 is 1.81 bits per heavy atom. The van der Waals surface area contributed by atoms with Crippen molar-refractivity contribution in [3.8, 4) is 5.75 Å². The number of unbranched alkanes of at least 4 members (excludes halogenated alkanes) is 3. The Morgan fingerprint density at radius 2 is 1.38 bits per heavy atom. The maximum absolute atomic E-state index is 10.5. The zero-order valence-corrected chi connectivity index (χ0v) is 14.4. The van der Waals surface area contributed by atoms with E-state index in [9.17, 15) is 5.11 Å². The van der Waals surface area contributed by atoms with Crippen LogP contribution in [0.4, 0.5) is 0 Å². The van der Waals surface area contributed by atoms with Crippen molar-refractivity contribution >= 4 is 0 Å². The van der Waals surface area contributed by atoms with E-state index in [-0.39, 0.29) is 0 Å². The summed E-state index contributed by atoms with van der Waals surface area (Å²) in [6.07, 6.45) is 6.23. The summed E-state index contributed by atoms with van der Waals surface area (Å²) < 4.78 is 0. The van der Waals surface area contributed by atoms with Gasteiger partial charge in [-0.25, -0.2) is 0 Å². The second-order valence-corrected chi connectivity index (χ2v) is 6.55. The molecule has 0 unspecified atom stereocenters. The Kier molecular flexibility index (Phi) is 7.76. The van der Waals surface area contributed by atoms with E-state index in [2.05, 4.69) is 28.9 Å². The number of aryl methyl sites for hydroxylation is 1. The molecule has 21 heavy (non-hydrogen) atoms. The largest absolute Gasteiger partial charge is 0.507 e. The first-order chi connectivity index (χ1) is 9.93. The molecule has 0 fully saturated rings. The van der Waals surface area contributed by atoms with Gasteiger partial charge in [0.1, 0.15) is 5.75 Å². The standard InChI is InChI=1S/C18H32N2O/c1-6-7-8-9-10-15-11-16(13-19(2)3)18(21)17(12-15)14-20(4)5/h11-12,21H,6-10,13-14H2,1-5H3. The van der Waals surface area contributed by atoms with E-state index in [1.54, 1.807) is 0 Å². The second kappa shape index (κ2) is 9.06. The van der Waals surface area contributed by atoms with Crippen LogP contribution in [0.2, 0.25) is 0 Å². The third-order valence-electron chi connectivity index (χ3n) is 3.62. The number of nitrogens with zero attached hydrogens (tertiary/aromatic N) is 2. The average Bonchev–Trinajstić information content (AvgIpc) is 2.38. The summed E-state index contributed by atoms with van der Waals surface area (Å²) >= 11 is 0. The van der Waals surface area contributed by atoms with Crippen molar-refractivity contribution in [1.29, 1.82) is 0 Å². The summed E-state index contributed by atoms with van der Waals surface area (Å²) in [5, 5.41) is 10.5. The first kappa shape index (κ1) is 18.0. The minimum Gasteiger partial charge on any atom is -0.507 e. The summed E-state index contributed by atoms with van der Waals surface area (Å²) in [6.45, 7) is 3.81. The third-order valence-corrected chi connectivity index (χ3v) is 3.62. The molecule has 1 aromatic rings. The summed E-state index contributed by atoms with van der Waals surface area (Å²) in [5.41, 5.74) is 3.45. The normalized spacial score (nSPS) is 11.6. The molecule has 0 heterocycles. The smallest absolute Gasteiger partial charge is 0.124 e. The number of phenols is 1. The molecule has 1 N–H and O–H groups in total. The highest BCUT2D eigenvalue weighted by Crippen LogP contribution is 2.27. The molecule has 3 nitrogen and oxygen atoms in total. The van der Waals surface area contributed by atoms with E-state index in [0.717, 1.165) is 30.6 Å². The van der Waals surface area contributed by atoms with Gasteiger partial charge in [0.2, 0.25) is 0 Å². The van der Waals surface area contributed by atoms with E-state index in [1.165, 1.54) is 31.2 Å². The van der Waals surface area contributed by atoms with Crippen LogP contribution in [-0.2, 0) is 19.5 Å². The molecule has 0 atom stereocenters. The van der Waals surface area contributed by atoms with Crippen molar-refractivity contribution in [1.82, 2.24) is 9.80 Å². The van der Waals surface area contributed by atoms with Crippen LogP contribution in [0.1, 0.15) is 49.3 Å². The summed E-state index contributed by atoms with van der Waals surface area (Å²) in [7, 11) is 8.16. The first-order valence-electron chi connectivity index (χ1n) is 8.07. The molecule has 0 aliphatic carbocycles.